The minimum Gasteiger partial charge on any atom is -0.335 e. The summed E-state index contributed by atoms with van der Waals surface area (Å²) in [7, 11) is 0. The lowest BCUT2D eigenvalue weighted by atomic mass is 9.99. The zero-order chi connectivity index (χ0) is 15.5. The summed E-state index contributed by atoms with van der Waals surface area (Å²) in [5.41, 5.74) is 3.01. The molecule has 22 heavy (non-hydrogen) atoms. The van der Waals surface area contributed by atoms with Gasteiger partial charge in [0.1, 0.15) is 0 Å². The molecule has 3 rings (SSSR count). The van der Waals surface area contributed by atoms with Crippen LogP contribution >= 0.6 is 23.2 Å². The van der Waals surface area contributed by atoms with Crippen molar-refractivity contribution >= 4 is 34.7 Å². The van der Waals surface area contributed by atoms with Crippen LogP contribution in [0, 0.1) is 0 Å². The van der Waals surface area contributed by atoms with Gasteiger partial charge in [-0.05, 0) is 35.8 Å². The Morgan fingerprint density at radius 1 is 1.05 bits per heavy atom. The second-order valence-electron chi connectivity index (χ2n) is 5.22. The van der Waals surface area contributed by atoms with Gasteiger partial charge in [-0.1, -0.05) is 59.6 Å². The van der Waals surface area contributed by atoms with Crippen molar-refractivity contribution < 1.29 is 4.79 Å². The van der Waals surface area contributed by atoms with Crippen molar-refractivity contribution in [3.8, 4) is 0 Å². The molecule has 0 bridgehead atoms. The Morgan fingerprint density at radius 3 is 2.45 bits per heavy atom. The van der Waals surface area contributed by atoms with Crippen LogP contribution in [-0.2, 0) is 0 Å². The third kappa shape index (κ3) is 3.18. The van der Waals surface area contributed by atoms with E-state index in [9.17, 15) is 4.79 Å². The number of carbonyl (C=O) groups excluding carboxylic acids is 1. The third-order valence-electron chi connectivity index (χ3n) is 3.80. The summed E-state index contributed by atoms with van der Waals surface area (Å²) in [6.07, 6.45) is 2.96. The van der Waals surface area contributed by atoms with Crippen molar-refractivity contribution in [1.29, 1.82) is 0 Å². The normalized spacial score (nSPS) is 14.6. The summed E-state index contributed by atoms with van der Waals surface area (Å²) in [5, 5.41) is 0.932. The first kappa shape index (κ1) is 15.1. The number of carbonyl (C=O) groups is 1. The van der Waals surface area contributed by atoms with E-state index in [1.165, 1.54) is 11.1 Å². The van der Waals surface area contributed by atoms with Crippen LogP contribution in [0.25, 0.3) is 5.57 Å². The summed E-state index contributed by atoms with van der Waals surface area (Å²) < 4.78 is 0. The highest BCUT2D eigenvalue weighted by Crippen LogP contribution is 2.26. The maximum atomic E-state index is 12.5. The fourth-order valence-electron chi connectivity index (χ4n) is 2.60. The summed E-state index contributed by atoms with van der Waals surface area (Å²) in [5.74, 6) is -0.0509. The van der Waals surface area contributed by atoms with Gasteiger partial charge in [-0.25, -0.2) is 0 Å². The molecule has 1 aliphatic rings. The van der Waals surface area contributed by atoms with E-state index in [2.05, 4.69) is 18.2 Å². The molecule has 0 aromatic heterocycles. The number of amides is 1. The van der Waals surface area contributed by atoms with Crippen molar-refractivity contribution in [2.75, 3.05) is 13.1 Å². The Bertz CT molecular complexity index is 725. The van der Waals surface area contributed by atoms with Gasteiger partial charge in [0.15, 0.2) is 0 Å². The van der Waals surface area contributed by atoms with Crippen molar-refractivity contribution in [3.05, 3.63) is 75.8 Å². The molecule has 0 saturated carbocycles. The molecule has 2 aromatic carbocycles. The maximum absolute atomic E-state index is 12.5. The number of hydrogen-bond acceptors (Lipinski definition) is 1. The lowest BCUT2D eigenvalue weighted by Crippen LogP contribution is -2.34. The Balaban J connectivity index is 1.76. The average molecular weight is 332 g/mol. The molecule has 2 aromatic rings. The van der Waals surface area contributed by atoms with Gasteiger partial charge in [-0.2, -0.15) is 0 Å². The van der Waals surface area contributed by atoms with Gasteiger partial charge in [-0.15, -0.1) is 0 Å². The Hall–Kier alpha value is -1.77. The van der Waals surface area contributed by atoms with Crippen molar-refractivity contribution in [3.63, 3.8) is 0 Å². The van der Waals surface area contributed by atoms with Crippen LogP contribution in [0.1, 0.15) is 22.3 Å². The first-order chi connectivity index (χ1) is 10.6. The number of hydrogen-bond donors (Lipinski definition) is 0. The SMILES string of the molecule is O=C(c1ccc(Cl)cc1Cl)N1CC=C(c2ccccc2)CC1. The van der Waals surface area contributed by atoms with Gasteiger partial charge in [0.2, 0.25) is 0 Å². The molecule has 1 amide bonds. The Labute approximate surface area is 140 Å². The van der Waals surface area contributed by atoms with Gasteiger partial charge >= 0.3 is 0 Å². The summed E-state index contributed by atoms with van der Waals surface area (Å²) in [6.45, 7) is 1.29. The molecule has 0 N–H and O–H groups in total. The minimum atomic E-state index is -0.0509. The molecule has 4 heteroatoms. The van der Waals surface area contributed by atoms with E-state index >= 15 is 0 Å². The van der Waals surface area contributed by atoms with Gasteiger partial charge in [-0.3, -0.25) is 4.79 Å². The molecule has 2 nitrogen and oxygen atoms in total. The molecule has 0 fully saturated rings. The molecule has 0 spiro atoms. The molecule has 0 atom stereocenters. The molecule has 0 saturated heterocycles. The highest BCUT2D eigenvalue weighted by Gasteiger charge is 2.21. The van der Waals surface area contributed by atoms with Crippen LogP contribution in [0.3, 0.4) is 0 Å². The lowest BCUT2D eigenvalue weighted by molar-refractivity contribution is 0.0773. The lowest BCUT2D eigenvalue weighted by Gasteiger charge is -2.27. The highest BCUT2D eigenvalue weighted by molar-refractivity contribution is 6.36. The number of rotatable bonds is 2. The molecule has 1 aliphatic heterocycles. The van der Waals surface area contributed by atoms with Gasteiger partial charge < -0.3 is 4.90 Å². The Kier molecular flexibility index (Phi) is 4.51. The van der Waals surface area contributed by atoms with E-state index in [1.54, 1.807) is 18.2 Å². The van der Waals surface area contributed by atoms with Gasteiger partial charge in [0.25, 0.3) is 5.91 Å². The summed E-state index contributed by atoms with van der Waals surface area (Å²) in [6, 6.07) is 15.2. The number of halogens is 2. The van der Waals surface area contributed by atoms with Gasteiger partial charge in [0.05, 0.1) is 10.6 Å². The first-order valence-electron chi connectivity index (χ1n) is 7.14. The zero-order valence-corrected chi connectivity index (χ0v) is 13.4. The largest absolute Gasteiger partial charge is 0.335 e. The van der Waals surface area contributed by atoms with Crippen LogP contribution in [0.15, 0.2) is 54.6 Å². The maximum Gasteiger partial charge on any atom is 0.255 e. The molecule has 0 radical (unpaired) electrons. The Morgan fingerprint density at radius 2 is 1.82 bits per heavy atom. The molecular formula is C18H15Cl2NO. The highest BCUT2D eigenvalue weighted by atomic mass is 35.5. The van der Waals surface area contributed by atoms with Crippen LogP contribution in [0.5, 0.6) is 0 Å². The summed E-state index contributed by atoms with van der Waals surface area (Å²) >= 11 is 12.0. The smallest absolute Gasteiger partial charge is 0.255 e. The third-order valence-corrected chi connectivity index (χ3v) is 4.35. The van der Waals surface area contributed by atoms with Crippen molar-refractivity contribution in [2.24, 2.45) is 0 Å². The van der Waals surface area contributed by atoms with E-state index < -0.39 is 0 Å². The van der Waals surface area contributed by atoms with Crippen molar-refractivity contribution in [2.45, 2.75) is 6.42 Å². The van der Waals surface area contributed by atoms with Crippen LogP contribution in [0.2, 0.25) is 10.0 Å². The number of benzene rings is 2. The first-order valence-corrected chi connectivity index (χ1v) is 7.89. The fourth-order valence-corrected chi connectivity index (χ4v) is 3.09. The predicted molar refractivity (Wildman–Crippen MR) is 91.4 cm³/mol. The van der Waals surface area contributed by atoms with Gasteiger partial charge in [0, 0.05) is 18.1 Å². The van der Waals surface area contributed by atoms with E-state index in [4.69, 9.17) is 23.2 Å². The van der Waals surface area contributed by atoms with Crippen LogP contribution in [0.4, 0.5) is 0 Å². The van der Waals surface area contributed by atoms with Crippen molar-refractivity contribution in [1.82, 2.24) is 4.90 Å². The second-order valence-corrected chi connectivity index (χ2v) is 6.06. The number of nitrogens with zero attached hydrogens (tertiary/aromatic N) is 1. The molecule has 0 aliphatic carbocycles. The standard InChI is InChI=1S/C18H15Cl2NO/c19-15-6-7-16(17(20)12-15)18(22)21-10-8-14(9-11-21)13-4-2-1-3-5-13/h1-8,12H,9-11H2. The van der Waals surface area contributed by atoms with E-state index in [0.717, 1.165) is 6.42 Å². The topological polar surface area (TPSA) is 20.3 Å². The van der Waals surface area contributed by atoms with E-state index in [0.29, 0.717) is 28.7 Å². The monoisotopic (exact) mass is 331 g/mol. The predicted octanol–water partition coefficient (Wildman–Crippen LogP) is 4.92. The average Bonchev–Trinajstić information content (AvgIpc) is 2.55. The molecule has 0 unspecified atom stereocenters. The fraction of sp³-hybridized carbons (Fsp3) is 0.167. The van der Waals surface area contributed by atoms with E-state index in [1.807, 2.05) is 23.1 Å². The summed E-state index contributed by atoms with van der Waals surface area (Å²) in [4.78, 5) is 14.4. The second kappa shape index (κ2) is 6.55. The minimum absolute atomic E-state index is 0.0509. The van der Waals surface area contributed by atoms with E-state index in [-0.39, 0.29) is 5.91 Å². The zero-order valence-electron chi connectivity index (χ0n) is 11.9. The van der Waals surface area contributed by atoms with Crippen LogP contribution in [-0.4, -0.2) is 23.9 Å². The molecule has 112 valence electrons. The molecular weight excluding hydrogens is 317 g/mol. The molecule has 1 heterocycles. The van der Waals surface area contributed by atoms with Crippen LogP contribution < -0.4 is 0 Å². The quantitative estimate of drug-likeness (QED) is 0.764.